The van der Waals surface area contributed by atoms with E-state index in [9.17, 15) is 0 Å². The number of ether oxygens (including phenoxy) is 1. The van der Waals surface area contributed by atoms with Crippen molar-refractivity contribution in [2.45, 2.75) is 12.5 Å². The van der Waals surface area contributed by atoms with Crippen LogP contribution in [0.4, 0.5) is 17.6 Å². The van der Waals surface area contributed by atoms with Gasteiger partial charge in [-0.05, 0) is 24.6 Å². The van der Waals surface area contributed by atoms with E-state index in [1.54, 1.807) is 12.5 Å². The first-order valence-corrected chi connectivity index (χ1v) is 9.36. The number of nitrogens with zero attached hydrogens (tertiary/aromatic N) is 5. The summed E-state index contributed by atoms with van der Waals surface area (Å²) >= 11 is 0. The SMILES string of the molecule is c1cc(NC2CCN(c3nccc4occc34)C2)nc(N2CCOCC2)n1. The highest BCUT2D eigenvalue weighted by Crippen LogP contribution is 2.28. The molecule has 0 radical (unpaired) electrons. The van der Waals surface area contributed by atoms with E-state index in [1.807, 2.05) is 24.4 Å². The van der Waals surface area contributed by atoms with E-state index in [0.29, 0.717) is 6.04 Å². The number of nitrogens with one attached hydrogen (secondary N) is 1. The first kappa shape index (κ1) is 16.3. The Labute approximate surface area is 157 Å². The van der Waals surface area contributed by atoms with Crippen molar-refractivity contribution in [3.05, 3.63) is 36.9 Å². The Morgan fingerprint density at radius 2 is 1.89 bits per heavy atom. The van der Waals surface area contributed by atoms with Gasteiger partial charge >= 0.3 is 0 Å². The molecular weight excluding hydrogens is 344 g/mol. The van der Waals surface area contributed by atoms with Crippen LogP contribution >= 0.6 is 0 Å². The van der Waals surface area contributed by atoms with Gasteiger partial charge in [0.2, 0.25) is 5.95 Å². The standard InChI is InChI=1S/C19H22N6O2/c1-5-20-18(15-4-10-27-16(1)15)25-7-3-14(13-25)22-17-2-6-21-19(23-17)24-8-11-26-12-9-24/h1-2,4-6,10,14H,3,7-9,11-13H2,(H,21,22,23). The average Bonchev–Trinajstić information content (AvgIpc) is 3.38. The van der Waals surface area contributed by atoms with Crippen molar-refractivity contribution >= 4 is 28.6 Å². The molecule has 8 nitrogen and oxygen atoms in total. The zero-order valence-electron chi connectivity index (χ0n) is 15.0. The minimum atomic E-state index is 0.321. The average molecular weight is 366 g/mol. The third-order valence-electron chi connectivity index (χ3n) is 5.14. The molecule has 2 aliphatic rings. The summed E-state index contributed by atoms with van der Waals surface area (Å²) in [5, 5.41) is 4.62. The smallest absolute Gasteiger partial charge is 0.227 e. The second-order valence-corrected chi connectivity index (χ2v) is 6.88. The summed E-state index contributed by atoms with van der Waals surface area (Å²) in [5.74, 6) is 2.62. The Morgan fingerprint density at radius 1 is 1.00 bits per heavy atom. The van der Waals surface area contributed by atoms with Gasteiger partial charge in [-0.3, -0.25) is 0 Å². The highest BCUT2D eigenvalue weighted by atomic mass is 16.5. The highest BCUT2D eigenvalue weighted by molar-refractivity contribution is 5.88. The molecule has 5 heterocycles. The van der Waals surface area contributed by atoms with Crippen LogP contribution in [0.5, 0.6) is 0 Å². The van der Waals surface area contributed by atoms with E-state index in [2.05, 4.69) is 25.1 Å². The molecule has 5 rings (SSSR count). The van der Waals surface area contributed by atoms with Crippen LogP contribution in [0, 0.1) is 0 Å². The Morgan fingerprint density at radius 3 is 2.81 bits per heavy atom. The van der Waals surface area contributed by atoms with E-state index in [0.717, 1.165) is 74.4 Å². The zero-order chi connectivity index (χ0) is 18.1. The Bertz CT molecular complexity index is 923. The van der Waals surface area contributed by atoms with Crippen molar-refractivity contribution in [2.75, 3.05) is 54.5 Å². The van der Waals surface area contributed by atoms with Crippen LogP contribution in [0.25, 0.3) is 11.0 Å². The highest BCUT2D eigenvalue weighted by Gasteiger charge is 2.25. The zero-order valence-corrected chi connectivity index (χ0v) is 15.0. The largest absolute Gasteiger partial charge is 0.464 e. The fourth-order valence-corrected chi connectivity index (χ4v) is 3.76. The number of hydrogen-bond acceptors (Lipinski definition) is 8. The Balaban J connectivity index is 1.28. The lowest BCUT2D eigenvalue weighted by atomic mass is 10.2. The number of hydrogen-bond donors (Lipinski definition) is 1. The molecule has 27 heavy (non-hydrogen) atoms. The molecule has 1 atom stereocenters. The van der Waals surface area contributed by atoms with Crippen LogP contribution in [-0.4, -0.2) is 60.4 Å². The molecule has 3 aromatic heterocycles. The van der Waals surface area contributed by atoms with Crippen LogP contribution in [0.15, 0.2) is 41.3 Å². The molecule has 1 N–H and O–H groups in total. The van der Waals surface area contributed by atoms with E-state index in [1.165, 1.54) is 0 Å². The molecule has 1 unspecified atom stereocenters. The predicted octanol–water partition coefficient (Wildman–Crippen LogP) is 2.15. The van der Waals surface area contributed by atoms with Gasteiger partial charge in [0, 0.05) is 44.6 Å². The molecule has 3 aromatic rings. The van der Waals surface area contributed by atoms with Crippen molar-refractivity contribution in [1.29, 1.82) is 0 Å². The number of furan rings is 1. The monoisotopic (exact) mass is 366 g/mol. The molecule has 0 saturated carbocycles. The van der Waals surface area contributed by atoms with E-state index < -0.39 is 0 Å². The summed E-state index contributed by atoms with van der Waals surface area (Å²) < 4.78 is 10.9. The fraction of sp³-hybridized carbons (Fsp3) is 0.421. The van der Waals surface area contributed by atoms with Crippen LogP contribution < -0.4 is 15.1 Å². The third kappa shape index (κ3) is 3.28. The molecule has 0 aromatic carbocycles. The first-order valence-electron chi connectivity index (χ1n) is 9.36. The molecule has 2 aliphatic heterocycles. The molecule has 0 spiro atoms. The molecular formula is C19H22N6O2. The second-order valence-electron chi connectivity index (χ2n) is 6.88. The summed E-state index contributed by atoms with van der Waals surface area (Å²) in [5.41, 5.74) is 0.877. The maximum absolute atomic E-state index is 5.50. The summed E-state index contributed by atoms with van der Waals surface area (Å²) in [4.78, 5) is 18.2. The minimum Gasteiger partial charge on any atom is -0.464 e. The van der Waals surface area contributed by atoms with Gasteiger partial charge in [0.1, 0.15) is 17.2 Å². The predicted molar refractivity (Wildman–Crippen MR) is 103 cm³/mol. The molecule has 2 fully saturated rings. The van der Waals surface area contributed by atoms with Gasteiger partial charge in [-0.25, -0.2) is 9.97 Å². The van der Waals surface area contributed by atoms with Crippen molar-refractivity contribution in [3.63, 3.8) is 0 Å². The lowest BCUT2D eigenvalue weighted by Gasteiger charge is -2.27. The summed E-state index contributed by atoms with van der Waals surface area (Å²) in [7, 11) is 0. The molecule has 0 amide bonds. The van der Waals surface area contributed by atoms with E-state index >= 15 is 0 Å². The van der Waals surface area contributed by atoms with Gasteiger partial charge in [0.05, 0.1) is 24.9 Å². The molecule has 0 bridgehead atoms. The lowest BCUT2D eigenvalue weighted by molar-refractivity contribution is 0.122. The quantitative estimate of drug-likeness (QED) is 0.752. The first-order chi connectivity index (χ1) is 13.4. The number of rotatable bonds is 4. The summed E-state index contributed by atoms with van der Waals surface area (Å²) in [6.07, 6.45) is 6.38. The molecule has 8 heteroatoms. The Kier molecular flexibility index (Phi) is 4.25. The van der Waals surface area contributed by atoms with Crippen molar-refractivity contribution in [2.24, 2.45) is 0 Å². The van der Waals surface area contributed by atoms with E-state index in [-0.39, 0.29) is 0 Å². The normalized spacial score (nSPS) is 20.4. The van der Waals surface area contributed by atoms with Crippen LogP contribution in [0.1, 0.15) is 6.42 Å². The maximum atomic E-state index is 5.50. The lowest BCUT2D eigenvalue weighted by Crippen LogP contribution is -2.37. The molecule has 2 saturated heterocycles. The third-order valence-corrected chi connectivity index (χ3v) is 5.14. The van der Waals surface area contributed by atoms with Crippen LogP contribution in [0.2, 0.25) is 0 Å². The fourth-order valence-electron chi connectivity index (χ4n) is 3.76. The van der Waals surface area contributed by atoms with Crippen LogP contribution in [0.3, 0.4) is 0 Å². The van der Waals surface area contributed by atoms with Gasteiger partial charge in [-0.1, -0.05) is 0 Å². The number of morpholine rings is 1. The van der Waals surface area contributed by atoms with Gasteiger partial charge in [-0.15, -0.1) is 0 Å². The second kappa shape index (κ2) is 7.03. The van der Waals surface area contributed by atoms with Crippen molar-refractivity contribution in [1.82, 2.24) is 15.0 Å². The van der Waals surface area contributed by atoms with Gasteiger partial charge in [-0.2, -0.15) is 4.98 Å². The molecule has 0 aliphatic carbocycles. The van der Waals surface area contributed by atoms with Crippen molar-refractivity contribution in [3.8, 4) is 0 Å². The number of aromatic nitrogens is 3. The minimum absolute atomic E-state index is 0.321. The Hall–Kier alpha value is -2.87. The summed E-state index contributed by atoms with van der Waals surface area (Å²) in [6, 6.07) is 6.14. The summed E-state index contributed by atoms with van der Waals surface area (Å²) in [6.45, 7) is 4.96. The van der Waals surface area contributed by atoms with Crippen LogP contribution in [-0.2, 0) is 4.74 Å². The number of anilines is 3. The van der Waals surface area contributed by atoms with Gasteiger partial charge in [0.15, 0.2) is 0 Å². The van der Waals surface area contributed by atoms with Crippen molar-refractivity contribution < 1.29 is 9.15 Å². The number of pyridine rings is 1. The van der Waals surface area contributed by atoms with Gasteiger partial charge < -0.3 is 24.3 Å². The topological polar surface area (TPSA) is 79.5 Å². The number of fused-ring (bicyclic) bond motifs is 1. The van der Waals surface area contributed by atoms with E-state index in [4.69, 9.17) is 14.1 Å². The van der Waals surface area contributed by atoms with Gasteiger partial charge in [0.25, 0.3) is 0 Å². The maximum Gasteiger partial charge on any atom is 0.227 e. The molecule has 140 valence electrons.